The molecular formula is C8H7Br2NO. The van der Waals surface area contributed by atoms with Gasteiger partial charge < -0.3 is 4.79 Å². The monoisotopic (exact) mass is 291 g/mol. The van der Waals surface area contributed by atoms with Crippen molar-refractivity contribution < 1.29 is 4.79 Å². The van der Waals surface area contributed by atoms with Crippen LogP contribution in [0.1, 0.15) is 11.5 Å². The lowest BCUT2D eigenvalue weighted by Crippen LogP contribution is -2.02. The second-order valence-electron chi connectivity index (χ2n) is 2.28. The van der Waals surface area contributed by atoms with E-state index in [0.29, 0.717) is 5.33 Å². The molecule has 0 N–H and O–H groups in total. The Hall–Kier alpha value is -0.220. The van der Waals surface area contributed by atoms with E-state index >= 15 is 0 Å². The van der Waals surface area contributed by atoms with E-state index < -0.39 is 0 Å². The Bertz CT molecular complexity index is 278. The average Bonchev–Trinajstić information content (AvgIpc) is 2.10. The van der Waals surface area contributed by atoms with E-state index in [9.17, 15) is 4.79 Å². The number of halogens is 2. The zero-order chi connectivity index (χ0) is 8.97. The van der Waals surface area contributed by atoms with E-state index in [0.717, 1.165) is 16.5 Å². The van der Waals surface area contributed by atoms with Gasteiger partial charge in [-0.05, 0) is 27.6 Å². The summed E-state index contributed by atoms with van der Waals surface area (Å²) in [5.74, 6) is -0.118. The molecule has 2 nitrogen and oxygen atoms in total. The number of aromatic nitrogens is 1. The Balaban J connectivity index is 3.00. The smallest absolute Gasteiger partial charge is 0.128 e. The molecular weight excluding hydrogens is 286 g/mol. The predicted octanol–water partition coefficient (Wildman–Crippen LogP) is 2.52. The van der Waals surface area contributed by atoms with Crippen LogP contribution in [0.4, 0.5) is 0 Å². The predicted molar refractivity (Wildman–Crippen MR) is 54.5 cm³/mol. The summed E-state index contributed by atoms with van der Waals surface area (Å²) >= 11 is 6.55. The number of carbonyl (C=O) groups is 1. The lowest BCUT2D eigenvalue weighted by Gasteiger charge is -2.07. The molecule has 1 unspecified atom stereocenters. The Kier molecular flexibility index (Phi) is 3.88. The van der Waals surface area contributed by atoms with Crippen molar-refractivity contribution in [3.63, 3.8) is 0 Å². The third-order valence-electron chi connectivity index (χ3n) is 1.52. The highest BCUT2D eigenvalue weighted by Crippen LogP contribution is 2.22. The van der Waals surface area contributed by atoms with E-state index in [1.54, 1.807) is 6.20 Å². The van der Waals surface area contributed by atoms with Crippen LogP contribution in [0.5, 0.6) is 0 Å². The summed E-state index contributed by atoms with van der Waals surface area (Å²) in [5, 5.41) is 0.626. The summed E-state index contributed by atoms with van der Waals surface area (Å²) in [6.07, 6.45) is 2.60. The van der Waals surface area contributed by atoms with Crippen molar-refractivity contribution in [3.05, 3.63) is 28.5 Å². The van der Waals surface area contributed by atoms with Crippen LogP contribution >= 0.6 is 31.9 Å². The third-order valence-corrected chi connectivity index (χ3v) is 2.88. The Labute approximate surface area is 87.6 Å². The van der Waals surface area contributed by atoms with Gasteiger partial charge in [-0.25, -0.2) is 4.98 Å². The summed E-state index contributed by atoms with van der Waals surface area (Å²) in [6.45, 7) is 0. The first-order valence-corrected chi connectivity index (χ1v) is 5.32. The zero-order valence-corrected chi connectivity index (χ0v) is 9.38. The van der Waals surface area contributed by atoms with Gasteiger partial charge in [0, 0.05) is 11.5 Å². The highest BCUT2D eigenvalue weighted by atomic mass is 79.9. The molecule has 0 aromatic carbocycles. The first-order chi connectivity index (χ1) is 5.79. The Morgan fingerprint density at radius 2 is 2.42 bits per heavy atom. The van der Waals surface area contributed by atoms with Crippen LogP contribution in [0, 0.1) is 0 Å². The summed E-state index contributed by atoms with van der Waals surface area (Å²) in [4.78, 5) is 14.6. The molecule has 0 radical (unpaired) electrons. The van der Waals surface area contributed by atoms with Gasteiger partial charge in [0.05, 0.1) is 5.92 Å². The number of nitrogens with zero attached hydrogens (tertiary/aromatic N) is 1. The molecule has 0 bridgehead atoms. The molecule has 0 fully saturated rings. The van der Waals surface area contributed by atoms with Gasteiger partial charge >= 0.3 is 0 Å². The zero-order valence-electron chi connectivity index (χ0n) is 6.21. The molecule has 0 aliphatic heterocycles. The Morgan fingerprint density at radius 3 is 2.92 bits per heavy atom. The molecule has 1 rings (SSSR count). The van der Waals surface area contributed by atoms with Crippen LogP contribution < -0.4 is 0 Å². The van der Waals surface area contributed by atoms with Crippen LogP contribution in [0.2, 0.25) is 0 Å². The molecule has 0 saturated carbocycles. The molecule has 0 aliphatic rings. The maximum atomic E-state index is 10.6. The maximum absolute atomic E-state index is 10.6. The second-order valence-corrected chi connectivity index (χ2v) is 3.68. The summed E-state index contributed by atoms with van der Waals surface area (Å²) in [7, 11) is 0. The van der Waals surface area contributed by atoms with Crippen molar-refractivity contribution in [1.29, 1.82) is 0 Å². The normalized spacial score (nSPS) is 12.5. The molecule has 0 spiro atoms. The minimum atomic E-state index is -0.118. The van der Waals surface area contributed by atoms with Crippen LogP contribution in [-0.2, 0) is 4.79 Å². The molecule has 1 atom stereocenters. The van der Waals surface area contributed by atoms with Crippen molar-refractivity contribution in [1.82, 2.24) is 4.98 Å². The maximum Gasteiger partial charge on any atom is 0.128 e. The van der Waals surface area contributed by atoms with E-state index in [4.69, 9.17) is 0 Å². The van der Waals surface area contributed by atoms with Crippen molar-refractivity contribution in [2.45, 2.75) is 5.92 Å². The van der Waals surface area contributed by atoms with Gasteiger partial charge in [-0.1, -0.05) is 22.0 Å². The number of alkyl halides is 1. The van der Waals surface area contributed by atoms with E-state index in [-0.39, 0.29) is 5.92 Å². The largest absolute Gasteiger partial charge is 0.303 e. The molecule has 4 heteroatoms. The van der Waals surface area contributed by atoms with Gasteiger partial charge in [0.2, 0.25) is 0 Å². The number of hydrogen-bond acceptors (Lipinski definition) is 2. The molecule has 1 heterocycles. The van der Waals surface area contributed by atoms with E-state index in [1.165, 1.54) is 0 Å². The first-order valence-electron chi connectivity index (χ1n) is 3.41. The van der Waals surface area contributed by atoms with Crippen LogP contribution in [0.15, 0.2) is 22.9 Å². The number of pyridine rings is 1. The van der Waals surface area contributed by atoms with E-state index in [1.807, 2.05) is 12.1 Å². The molecule has 0 amide bonds. The quantitative estimate of drug-likeness (QED) is 0.487. The van der Waals surface area contributed by atoms with Crippen LogP contribution in [-0.4, -0.2) is 16.6 Å². The number of carbonyl (C=O) groups excluding carboxylic acids is 1. The van der Waals surface area contributed by atoms with Gasteiger partial charge in [0.15, 0.2) is 0 Å². The van der Waals surface area contributed by atoms with Crippen LogP contribution in [0.3, 0.4) is 0 Å². The SMILES string of the molecule is O=CC(CBr)c1cccnc1Br. The lowest BCUT2D eigenvalue weighted by molar-refractivity contribution is -0.108. The average molecular weight is 293 g/mol. The van der Waals surface area contributed by atoms with Crippen molar-refractivity contribution in [2.24, 2.45) is 0 Å². The van der Waals surface area contributed by atoms with Gasteiger partial charge in [0.1, 0.15) is 10.9 Å². The van der Waals surface area contributed by atoms with Crippen LogP contribution in [0.25, 0.3) is 0 Å². The minimum Gasteiger partial charge on any atom is -0.303 e. The molecule has 0 aliphatic carbocycles. The molecule has 0 saturated heterocycles. The molecule has 1 aromatic heterocycles. The van der Waals surface area contributed by atoms with Gasteiger partial charge in [-0.2, -0.15) is 0 Å². The highest BCUT2D eigenvalue weighted by molar-refractivity contribution is 9.10. The fraction of sp³-hybridized carbons (Fsp3) is 0.250. The van der Waals surface area contributed by atoms with Crippen molar-refractivity contribution in [3.8, 4) is 0 Å². The third kappa shape index (κ3) is 2.14. The summed E-state index contributed by atoms with van der Waals surface area (Å²) in [6, 6.07) is 3.71. The van der Waals surface area contributed by atoms with Gasteiger partial charge in [-0.15, -0.1) is 0 Å². The fourth-order valence-electron chi connectivity index (χ4n) is 0.868. The number of aldehydes is 1. The number of hydrogen-bond donors (Lipinski definition) is 0. The van der Waals surface area contributed by atoms with Crippen molar-refractivity contribution in [2.75, 3.05) is 5.33 Å². The van der Waals surface area contributed by atoms with E-state index in [2.05, 4.69) is 36.8 Å². The summed E-state index contributed by atoms with van der Waals surface area (Å²) < 4.78 is 0.738. The van der Waals surface area contributed by atoms with Crippen molar-refractivity contribution >= 4 is 38.1 Å². The second kappa shape index (κ2) is 4.72. The number of rotatable bonds is 3. The highest BCUT2D eigenvalue weighted by Gasteiger charge is 2.11. The topological polar surface area (TPSA) is 30.0 Å². The summed E-state index contributed by atoms with van der Waals surface area (Å²) in [5.41, 5.74) is 0.921. The first kappa shape index (κ1) is 9.86. The van der Waals surface area contributed by atoms with Gasteiger partial charge in [0.25, 0.3) is 0 Å². The lowest BCUT2D eigenvalue weighted by atomic mass is 10.1. The standard InChI is InChI=1S/C8H7Br2NO/c9-4-6(5-12)7-2-1-3-11-8(7)10/h1-3,5-6H,4H2. The minimum absolute atomic E-state index is 0.118. The fourth-order valence-corrected chi connectivity index (χ4v) is 1.91. The van der Waals surface area contributed by atoms with Gasteiger partial charge in [-0.3, -0.25) is 0 Å². The Morgan fingerprint density at radius 1 is 1.67 bits per heavy atom. The molecule has 64 valence electrons. The molecule has 1 aromatic rings. The molecule has 12 heavy (non-hydrogen) atoms.